The molecule has 3 heterocycles. The van der Waals surface area contributed by atoms with E-state index in [1.807, 2.05) is 30.3 Å². The van der Waals surface area contributed by atoms with Crippen molar-refractivity contribution in [3.05, 3.63) is 71.6 Å². The van der Waals surface area contributed by atoms with Gasteiger partial charge >= 0.3 is 17.9 Å². The number of carboxylic acid groups (broad SMARTS) is 3. The number of aliphatic hydroxyl groups is 1. The Morgan fingerprint density at radius 3 is 1.96 bits per heavy atom. The number of aromatic nitrogens is 2. The highest BCUT2D eigenvalue weighted by atomic mass is 16.5. The molecule has 16 heteroatoms. The Balaban J connectivity index is 0.000000203. The fourth-order valence-corrected chi connectivity index (χ4v) is 5.06. The van der Waals surface area contributed by atoms with E-state index < -0.39 is 42.4 Å². The maximum atomic E-state index is 12.2. The minimum atomic E-state index is -2.74. The van der Waals surface area contributed by atoms with Gasteiger partial charge in [0.15, 0.2) is 5.60 Å². The van der Waals surface area contributed by atoms with Crippen LogP contribution in [0.2, 0.25) is 0 Å². The molecule has 0 spiro atoms. The van der Waals surface area contributed by atoms with E-state index in [0.717, 1.165) is 42.9 Å². The van der Waals surface area contributed by atoms with E-state index in [9.17, 15) is 28.8 Å². The van der Waals surface area contributed by atoms with Crippen LogP contribution in [0.25, 0.3) is 11.4 Å². The van der Waals surface area contributed by atoms with E-state index in [1.54, 1.807) is 24.3 Å². The maximum absolute atomic E-state index is 12.2. The first-order valence-electron chi connectivity index (χ1n) is 15.6. The van der Waals surface area contributed by atoms with Gasteiger partial charge in [-0.05, 0) is 38.1 Å². The van der Waals surface area contributed by atoms with Crippen LogP contribution in [0.1, 0.15) is 66.1 Å². The zero-order valence-electron chi connectivity index (χ0n) is 27.1. The molecular weight excluding hydrogens is 642 g/mol. The van der Waals surface area contributed by atoms with Gasteiger partial charge in [0.25, 0.3) is 11.8 Å². The number of aliphatic carboxylic acids is 3. The fourth-order valence-electron chi connectivity index (χ4n) is 5.06. The van der Waals surface area contributed by atoms with Crippen molar-refractivity contribution in [2.45, 2.75) is 57.6 Å². The van der Waals surface area contributed by atoms with Gasteiger partial charge in [-0.1, -0.05) is 61.5 Å². The van der Waals surface area contributed by atoms with Crippen molar-refractivity contribution in [2.75, 3.05) is 26.2 Å². The van der Waals surface area contributed by atoms with Gasteiger partial charge < -0.3 is 35.2 Å². The zero-order chi connectivity index (χ0) is 36.1. The Hall–Kier alpha value is -5.48. The van der Waals surface area contributed by atoms with Crippen LogP contribution < -0.4 is 5.32 Å². The van der Waals surface area contributed by atoms with Crippen LogP contribution in [-0.4, -0.2) is 114 Å². The summed E-state index contributed by atoms with van der Waals surface area (Å²) in [5.74, 6) is -4.61. The summed E-state index contributed by atoms with van der Waals surface area (Å²) in [6.45, 7) is 7.99. The molecular formula is C33H39N5O11. The van der Waals surface area contributed by atoms with Gasteiger partial charge in [0.2, 0.25) is 17.6 Å². The summed E-state index contributed by atoms with van der Waals surface area (Å²) >= 11 is 0. The number of likely N-dealkylation sites (N-methyl/N-ethyl adjacent to an activating group) is 1. The van der Waals surface area contributed by atoms with E-state index in [1.165, 1.54) is 0 Å². The van der Waals surface area contributed by atoms with Gasteiger partial charge in [0.1, 0.15) is 6.04 Å². The number of hydrogen-bond donors (Lipinski definition) is 5. The normalized spacial score (nSPS) is 15.4. The van der Waals surface area contributed by atoms with Crippen molar-refractivity contribution in [3.8, 4) is 11.4 Å². The molecule has 0 bridgehead atoms. The second-order valence-electron chi connectivity index (χ2n) is 11.1. The highest BCUT2D eigenvalue weighted by molar-refractivity contribution is 6.22. The largest absolute Gasteiger partial charge is 0.481 e. The lowest BCUT2D eigenvalue weighted by Crippen LogP contribution is -2.52. The van der Waals surface area contributed by atoms with Gasteiger partial charge in [-0.3, -0.25) is 28.9 Å². The van der Waals surface area contributed by atoms with Crippen LogP contribution in [0.15, 0.2) is 59.1 Å². The van der Waals surface area contributed by atoms with Gasteiger partial charge in [0, 0.05) is 25.1 Å². The first-order valence-corrected chi connectivity index (χ1v) is 15.6. The summed E-state index contributed by atoms with van der Waals surface area (Å²) in [6, 6.07) is 15.9. The number of carbonyl (C=O) groups excluding carboxylic acids is 3. The molecule has 1 atom stereocenters. The first-order chi connectivity index (χ1) is 23.3. The molecule has 0 aliphatic carbocycles. The lowest BCUT2D eigenvalue weighted by molar-refractivity contribution is -0.170. The Morgan fingerprint density at radius 1 is 0.918 bits per heavy atom. The second-order valence-corrected chi connectivity index (χ2v) is 11.1. The minimum Gasteiger partial charge on any atom is -0.481 e. The van der Waals surface area contributed by atoms with Crippen LogP contribution in [-0.2, 0) is 25.6 Å². The molecule has 5 N–H and O–H groups in total. The molecule has 49 heavy (non-hydrogen) atoms. The average molecular weight is 682 g/mol. The first kappa shape index (κ1) is 38.0. The van der Waals surface area contributed by atoms with Crippen molar-refractivity contribution in [2.24, 2.45) is 0 Å². The summed E-state index contributed by atoms with van der Waals surface area (Å²) in [6.07, 6.45) is -0.161. The summed E-state index contributed by atoms with van der Waals surface area (Å²) < 4.78 is 5.27. The second kappa shape index (κ2) is 17.6. The Bertz CT molecular complexity index is 1590. The van der Waals surface area contributed by atoms with Crippen molar-refractivity contribution in [3.63, 3.8) is 0 Å². The SMILES string of the molecule is CCN(CC)CCc1nc(-c2ccccc2)no1.O=C(O)CC(O)(CC(=O)O)C(=O)O.O=C1NCCCC1N1C(=O)c2ccccc2C1=O. The number of amides is 3. The van der Waals surface area contributed by atoms with Gasteiger partial charge in [-0.15, -0.1) is 0 Å². The van der Waals surface area contributed by atoms with Gasteiger partial charge in [-0.2, -0.15) is 4.98 Å². The molecule has 1 unspecified atom stereocenters. The molecule has 262 valence electrons. The number of imide groups is 1. The Labute approximate surface area is 281 Å². The van der Waals surface area contributed by atoms with Crippen LogP contribution >= 0.6 is 0 Å². The molecule has 0 radical (unpaired) electrons. The number of carbonyl (C=O) groups is 6. The van der Waals surface area contributed by atoms with E-state index in [4.69, 9.17) is 24.9 Å². The van der Waals surface area contributed by atoms with Crippen LogP contribution in [0, 0.1) is 0 Å². The third-order valence-corrected chi connectivity index (χ3v) is 7.72. The molecule has 16 nitrogen and oxygen atoms in total. The summed E-state index contributed by atoms with van der Waals surface area (Å²) in [5, 5.41) is 40.5. The van der Waals surface area contributed by atoms with Crippen LogP contribution in [0.4, 0.5) is 0 Å². The van der Waals surface area contributed by atoms with E-state index >= 15 is 0 Å². The molecule has 1 saturated heterocycles. The topological polar surface area (TPSA) is 241 Å². The molecule has 3 amide bonds. The quantitative estimate of drug-likeness (QED) is 0.172. The molecule has 2 aliphatic heterocycles. The predicted molar refractivity (Wildman–Crippen MR) is 171 cm³/mol. The minimum absolute atomic E-state index is 0.240. The highest BCUT2D eigenvalue weighted by Crippen LogP contribution is 2.27. The number of piperidine rings is 1. The smallest absolute Gasteiger partial charge is 0.336 e. The van der Waals surface area contributed by atoms with Crippen molar-refractivity contribution >= 4 is 35.6 Å². The summed E-state index contributed by atoms with van der Waals surface area (Å²) in [4.78, 5) is 74.5. The number of carboxylic acids is 3. The highest BCUT2D eigenvalue weighted by Gasteiger charge is 2.43. The molecule has 3 aromatic rings. The number of rotatable bonds is 12. The average Bonchev–Trinajstić information content (AvgIpc) is 3.64. The van der Waals surface area contributed by atoms with Crippen LogP contribution in [0.3, 0.4) is 0 Å². The molecule has 1 aromatic heterocycles. The predicted octanol–water partition coefficient (Wildman–Crippen LogP) is 1.93. The third kappa shape index (κ3) is 10.3. The number of hydrogen-bond acceptors (Lipinski definition) is 11. The summed E-state index contributed by atoms with van der Waals surface area (Å²) in [7, 11) is 0. The standard InChI is InChI=1S/C14H19N3O.C13H12N2O3.C6H8O7/c1-3-17(4-2)11-10-13-15-14(16-18-13)12-8-6-5-7-9-12;16-11-10(6-3-7-14-11)15-12(17)8-4-1-2-5-9(8)13(15)18;7-3(8)1-6(13,5(11)12)2-4(9)10/h5-9H,3-4,10-11H2,1-2H3;1-2,4-5,10H,3,6-7H2,(H,14,16);13H,1-2H2,(H,7,8)(H,9,10)(H,11,12). The van der Waals surface area contributed by atoms with Gasteiger partial charge in [0.05, 0.1) is 24.0 Å². The lowest BCUT2D eigenvalue weighted by atomic mass is 9.96. The van der Waals surface area contributed by atoms with Crippen LogP contribution in [0.5, 0.6) is 0 Å². The van der Waals surface area contributed by atoms with Crippen molar-refractivity contribution < 1.29 is 53.7 Å². The van der Waals surface area contributed by atoms with E-state index in [0.29, 0.717) is 35.8 Å². The number of nitrogens with one attached hydrogen (secondary N) is 1. The molecule has 5 rings (SSSR count). The van der Waals surface area contributed by atoms with Crippen molar-refractivity contribution in [1.82, 2.24) is 25.3 Å². The number of nitrogens with zero attached hydrogens (tertiary/aromatic N) is 4. The number of fused-ring (bicyclic) bond motifs is 1. The third-order valence-electron chi connectivity index (χ3n) is 7.72. The van der Waals surface area contributed by atoms with Gasteiger partial charge in [-0.25, -0.2) is 4.79 Å². The van der Waals surface area contributed by atoms with E-state index in [-0.39, 0.29) is 17.7 Å². The van der Waals surface area contributed by atoms with E-state index in [2.05, 4.69) is 34.2 Å². The number of benzene rings is 2. The fraction of sp³-hybridized carbons (Fsp3) is 0.394. The zero-order valence-corrected chi connectivity index (χ0v) is 27.1. The van der Waals surface area contributed by atoms with Crippen molar-refractivity contribution in [1.29, 1.82) is 0 Å². The Kier molecular flexibility index (Phi) is 13.6. The molecule has 1 fully saturated rings. The lowest BCUT2D eigenvalue weighted by Gasteiger charge is -2.28. The molecule has 2 aromatic carbocycles. The monoisotopic (exact) mass is 681 g/mol. The summed E-state index contributed by atoms with van der Waals surface area (Å²) in [5.41, 5.74) is -0.963. The molecule has 0 saturated carbocycles. The Morgan fingerprint density at radius 2 is 1.47 bits per heavy atom. The maximum Gasteiger partial charge on any atom is 0.336 e. The molecule has 2 aliphatic rings.